The highest BCUT2D eigenvalue weighted by atomic mass is 19.4. The van der Waals surface area contributed by atoms with Crippen LogP contribution in [0.1, 0.15) is 5.56 Å². The largest absolute Gasteiger partial charge is 0.496 e. The van der Waals surface area contributed by atoms with Gasteiger partial charge in [-0.3, -0.25) is 0 Å². The number of hydrogen-bond acceptors (Lipinski definition) is 3. The summed E-state index contributed by atoms with van der Waals surface area (Å²) in [5.74, 6) is 0.00238. The Labute approximate surface area is 97.2 Å². The van der Waals surface area contributed by atoms with Gasteiger partial charge in [0, 0.05) is 12.1 Å². The van der Waals surface area contributed by atoms with Gasteiger partial charge >= 0.3 is 6.18 Å². The normalized spacial score (nSPS) is 15.4. The predicted octanol–water partition coefficient (Wildman–Crippen LogP) is 1.66. The van der Waals surface area contributed by atoms with Crippen molar-refractivity contribution < 1.29 is 23.0 Å². The highest BCUT2D eigenvalue weighted by Gasteiger charge is 2.55. The fourth-order valence-electron chi connectivity index (χ4n) is 1.59. The molecule has 1 atom stereocenters. The molecule has 0 saturated heterocycles. The molecule has 1 rings (SSSR count). The van der Waals surface area contributed by atoms with Crippen LogP contribution in [-0.2, 0) is 5.60 Å². The monoisotopic (exact) mass is 249 g/mol. The fourth-order valence-corrected chi connectivity index (χ4v) is 1.59. The summed E-state index contributed by atoms with van der Waals surface area (Å²) in [5, 5.41) is 12.2. The van der Waals surface area contributed by atoms with Gasteiger partial charge in [-0.25, -0.2) is 0 Å². The predicted molar refractivity (Wildman–Crippen MR) is 56.9 cm³/mol. The highest BCUT2D eigenvalue weighted by molar-refractivity contribution is 5.39. The lowest BCUT2D eigenvalue weighted by Gasteiger charge is -2.31. The number of benzene rings is 1. The Hall–Kier alpha value is -1.27. The van der Waals surface area contributed by atoms with Crippen molar-refractivity contribution in [2.75, 3.05) is 20.7 Å². The molecule has 0 radical (unpaired) electrons. The van der Waals surface area contributed by atoms with E-state index in [1.54, 1.807) is 6.07 Å². The topological polar surface area (TPSA) is 41.5 Å². The van der Waals surface area contributed by atoms with Crippen LogP contribution in [-0.4, -0.2) is 32.0 Å². The van der Waals surface area contributed by atoms with Crippen LogP contribution in [0.4, 0.5) is 13.2 Å². The molecule has 3 nitrogen and oxygen atoms in total. The van der Waals surface area contributed by atoms with Gasteiger partial charge in [-0.05, 0) is 13.1 Å². The Morgan fingerprint density at radius 2 is 1.88 bits per heavy atom. The lowest BCUT2D eigenvalue weighted by molar-refractivity contribution is -0.264. The average Bonchev–Trinajstić information content (AvgIpc) is 2.27. The maximum Gasteiger partial charge on any atom is 0.422 e. The molecule has 0 amide bonds. The molecule has 17 heavy (non-hydrogen) atoms. The highest BCUT2D eigenvalue weighted by Crippen LogP contribution is 2.42. The number of halogens is 3. The van der Waals surface area contributed by atoms with Crippen LogP contribution in [0.15, 0.2) is 24.3 Å². The minimum absolute atomic E-state index is 0.00238. The Balaban J connectivity index is 3.32. The van der Waals surface area contributed by atoms with Gasteiger partial charge in [0.15, 0.2) is 0 Å². The maximum absolute atomic E-state index is 12.9. The minimum atomic E-state index is -4.79. The minimum Gasteiger partial charge on any atom is -0.496 e. The SMILES string of the molecule is CNCC(O)(c1ccccc1OC)C(F)(F)F. The van der Waals surface area contributed by atoms with Crippen molar-refractivity contribution in [3.63, 3.8) is 0 Å². The van der Waals surface area contributed by atoms with Gasteiger partial charge in [-0.2, -0.15) is 13.2 Å². The van der Waals surface area contributed by atoms with E-state index in [0.717, 1.165) is 0 Å². The molecular formula is C11H14F3NO2. The number of ether oxygens (including phenoxy) is 1. The van der Waals surface area contributed by atoms with Gasteiger partial charge in [0.25, 0.3) is 0 Å². The zero-order chi connectivity index (χ0) is 13.1. The van der Waals surface area contributed by atoms with E-state index < -0.39 is 18.3 Å². The van der Waals surface area contributed by atoms with Crippen molar-refractivity contribution in [3.05, 3.63) is 29.8 Å². The lowest BCUT2D eigenvalue weighted by atomic mass is 9.92. The van der Waals surface area contributed by atoms with Crippen LogP contribution in [0.2, 0.25) is 0 Å². The molecule has 1 unspecified atom stereocenters. The molecule has 2 N–H and O–H groups in total. The molecule has 0 aliphatic rings. The van der Waals surface area contributed by atoms with E-state index in [1.165, 1.54) is 32.4 Å². The van der Waals surface area contributed by atoms with Crippen LogP contribution >= 0.6 is 0 Å². The van der Waals surface area contributed by atoms with Crippen LogP contribution in [0.3, 0.4) is 0 Å². The maximum atomic E-state index is 12.9. The fraction of sp³-hybridized carbons (Fsp3) is 0.455. The van der Waals surface area contributed by atoms with Crippen molar-refractivity contribution in [2.24, 2.45) is 0 Å². The summed E-state index contributed by atoms with van der Waals surface area (Å²) >= 11 is 0. The van der Waals surface area contributed by atoms with Crippen LogP contribution in [0, 0.1) is 0 Å². The van der Waals surface area contributed by atoms with Gasteiger partial charge in [0.05, 0.1) is 7.11 Å². The molecule has 0 fully saturated rings. The van der Waals surface area contributed by atoms with Crippen LogP contribution in [0.25, 0.3) is 0 Å². The zero-order valence-corrected chi connectivity index (χ0v) is 9.51. The Morgan fingerprint density at radius 1 is 1.29 bits per heavy atom. The summed E-state index contributed by atoms with van der Waals surface area (Å²) in [6.45, 7) is -0.642. The van der Waals surface area contributed by atoms with Crippen molar-refractivity contribution in [1.82, 2.24) is 5.32 Å². The van der Waals surface area contributed by atoms with E-state index >= 15 is 0 Å². The first-order chi connectivity index (χ1) is 7.86. The van der Waals surface area contributed by atoms with Crippen molar-refractivity contribution in [2.45, 2.75) is 11.8 Å². The Morgan fingerprint density at radius 3 is 2.35 bits per heavy atom. The van der Waals surface area contributed by atoms with Gasteiger partial charge in [-0.1, -0.05) is 18.2 Å². The lowest BCUT2D eigenvalue weighted by Crippen LogP contribution is -2.49. The van der Waals surface area contributed by atoms with E-state index in [-0.39, 0.29) is 11.3 Å². The second kappa shape index (κ2) is 4.93. The molecular weight excluding hydrogens is 235 g/mol. The summed E-state index contributed by atoms with van der Waals surface area (Å²) in [4.78, 5) is 0. The van der Waals surface area contributed by atoms with E-state index in [0.29, 0.717) is 0 Å². The number of methoxy groups -OCH3 is 1. The van der Waals surface area contributed by atoms with Gasteiger partial charge in [0.2, 0.25) is 5.60 Å². The molecule has 1 aromatic carbocycles. The standard InChI is InChI=1S/C11H14F3NO2/c1-15-7-10(16,11(12,13)14)8-5-3-4-6-9(8)17-2/h3-6,15-16H,7H2,1-2H3. The molecule has 0 bridgehead atoms. The summed E-state index contributed by atoms with van der Waals surface area (Å²) in [5.41, 5.74) is -3.27. The number of para-hydroxylation sites is 1. The first-order valence-corrected chi connectivity index (χ1v) is 4.94. The van der Waals surface area contributed by atoms with Gasteiger partial charge < -0.3 is 15.2 Å². The smallest absolute Gasteiger partial charge is 0.422 e. The van der Waals surface area contributed by atoms with Gasteiger partial charge in [-0.15, -0.1) is 0 Å². The molecule has 0 saturated carbocycles. The third-order valence-corrected chi connectivity index (χ3v) is 2.45. The first kappa shape index (κ1) is 13.8. The number of rotatable bonds is 4. The van der Waals surface area contributed by atoms with E-state index in [2.05, 4.69) is 5.32 Å². The number of likely N-dealkylation sites (N-methyl/N-ethyl adjacent to an activating group) is 1. The van der Waals surface area contributed by atoms with Crippen LogP contribution in [0.5, 0.6) is 5.75 Å². The quantitative estimate of drug-likeness (QED) is 0.852. The summed E-state index contributed by atoms with van der Waals surface area (Å²) in [6, 6.07) is 5.54. The summed E-state index contributed by atoms with van der Waals surface area (Å²) in [6.07, 6.45) is -4.79. The summed E-state index contributed by atoms with van der Waals surface area (Å²) < 4.78 is 43.7. The van der Waals surface area contributed by atoms with Crippen LogP contribution < -0.4 is 10.1 Å². The number of hydrogen-bond donors (Lipinski definition) is 2. The molecule has 6 heteroatoms. The Bertz CT molecular complexity index is 381. The molecule has 0 aliphatic carbocycles. The van der Waals surface area contributed by atoms with Crippen molar-refractivity contribution in [3.8, 4) is 5.75 Å². The average molecular weight is 249 g/mol. The first-order valence-electron chi connectivity index (χ1n) is 4.94. The molecule has 0 aromatic heterocycles. The van der Waals surface area contributed by atoms with E-state index in [4.69, 9.17) is 4.74 Å². The zero-order valence-electron chi connectivity index (χ0n) is 9.51. The second-order valence-electron chi connectivity index (χ2n) is 3.59. The molecule has 0 spiro atoms. The van der Waals surface area contributed by atoms with Crippen molar-refractivity contribution >= 4 is 0 Å². The van der Waals surface area contributed by atoms with E-state index in [1.807, 2.05) is 0 Å². The van der Waals surface area contributed by atoms with Crippen molar-refractivity contribution in [1.29, 1.82) is 0 Å². The number of alkyl halides is 3. The molecule has 1 aromatic rings. The van der Waals surface area contributed by atoms with E-state index in [9.17, 15) is 18.3 Å². The van der Waals surface area contributed by atoms with Gasteiger partial charge in [0.1, 0.15) is 5.75 Å². The third-order valence-electron chi connectivity index (χ3n) is 2.45. The number of aliphatic hydroxyl groups is 1. The second-order valence-corrected chi connectivity index (χ2v) is 3.59. The molecule has 0 heterocycles. The summed E-state index contributed by atoms with van der Waals surface area (Å²) in [7, 11) is 2.60. The Kier molecular flexibility index (Phi) is 4.00. The molecule has 0 aliphatic heterocycles. The third kappa shape index (κ3) is 2.53. The molecule has 96 valence electrons. The number of nitrogens with one attached hydrogen (secondary N) is 1.